The molecule has 1 aromatic rings. The summed E-state index contributed by atoms with van der Waals surface area (Å²) < 4.78 is 0. The highest BCUT2D eigenvalue weighted by atomic mass is 32.1. The predicted octanol–water partition coefficient (Wildman–Crippen LogP) is 1.82. The van der Waals surface area contributed by atoms with Crippen LogP contribution in [0.25, 0.3) is 0 Å². The van der Waals surface area contributed by atoms with Crippen molar-refractivity contribution in [1.29, 1.82) is 0 Å². The Bertz CT molecular complexity index is 453. The molecule has 0 saturated carbocycles. The molecule has 86 valence electrons. The molecule has 0 bridgehead atoms. The smallest absolute Gasteiger partial charge is 0.339 e. The topological polar surface area (TPSA) is 92.4 Å². The molecular weight excluding hydrogens is 228 g/mol. The van der Waals surface area contributed by atoms with Gasteiger partial charge in [0.1, 0.15) is 5.00 Å². The summed E-state index contributed by atoms with van der Waals surface area (Å²) in [6.45, 7) is 0. The molecule has 0 radical (unpaired) electrons. The van der Waals surface area contributed by atoms with Gasteiger partial charge in [-0.1, -0.05) is 0 Å². The van der Waals surface area contributed by atoms with Gasteiger partial charge in [0, 0.05) is 4.88 Å². The molecule has 0 unspecified atom stereocenters. The molecule has 1 aliphatic carbocycles. The van der Waals surface area contributed by atoms with Gasteiger partial charge in [-0.05, 0) is 31.2 Å². The number of carboxylic acid groups (broad SMARTS) is 1. The second-order valence-electron chi connectivity index (χ2n) is 3.71. The normalized spacial score (nSPS) is 14.2. The number of anilines is 1. The monoisotopic (exact) mass is 240 g/mol. The number of carboxylic acids is 1. The summed E-state index contributed by atoms with van der Waals surface area (Å²) in [6.07, 6.45) is 3.73. The lowest BCUT2D eigenvalue weighted by Gasteiger charge is -2.10. The van der Waals surface area contributed by atoms with Crippen LogP contribution in [0.15, 0.2) is 0 Å². The fraction of sp³-hybridized carbons (Fsp3) is 0.400. The minimum absolute atomic E-state index is 0.221. The van der Waals surface area contributed by atoms with Gasteiger partial charge in [0.2, 0.25) is 0 Å². The highest BCUT2D eigenvalue weighted by Crippen LogP contribution is 2.37. The number of aryl methyl sites for hydroxylation is 1. The van der Waals surface area contributed by atoms with Gasteiger partial charge in [-0.3, -0.25) is 5.32 Å². The highest BCUT2D eigenvalue weighted by molar-refractivity contribution is 7.17. The van der Waals surface area contributed by atoms with E-state index in [-0.39, 0.29) is 5.56 Å². The Hall–Kier alpha value is -1.56. The van der Waals surface area contributed by atoms with Gasteiger partial charge < -0.3 is 10.8 Å². The van der Waals surface area contributed by atoms with Crippen molar-refractivity contribution < 1.29 is 14.7 Å². The van der Waals surface area contributed by atoms with Crippen molar-refractivity contribution in [2.45, 2.75) is 25.7 Å². The Morgan fingerprint density at radius 1 is 1.31 bits per heavy atom. The number of carbonyl (C=O) groups excluding carboxylic acids is 1. The molecule has 0 fully saturated rings. The Kier molecular flexibility index (Phi) is 2.82. The van der Waals surface area contributed by atoms with Crippen LogP contribution in [0.1, 0.15) is 33.6 Å². The fourth-order valence-electron chi connectivity index (χ4n) is 1.99. The number of urea groups is 1. The van der Waals surface area contributed by atoms with E-state index in [0.717, 1.165) is 36.1 Å². The van der Waals surface area contributed by atoms with Crippen molar-refractivity contribution >= 4 is 28.3 Å². The molecule has 16 heavy (non-hydrogen) atoms. The van der Waals surface area contributed by atoms with Gasteiger partial charge >= 0.3 is 12.0 Å². The quantitative estimate of drug-likeness (QED) is 0.736. The van der Waals surface area contributed by atoms with Gasteiger partial charge in [-0.2, -0.15) is 0 Å². The number of nitrogens with one attached hydrogen (secondary N) is 1. The van der Waals surface area contributed by atoms with E-state index in [9.17, 15) is 9.59 Å². The molecule has 5 nitrogen and oxygen atoms in total. The second-order valence-corrected chi connectivity index (χ2v) is 4.81. The SMILES string of the molecule is NC(=O)Nc1sc2c(c1C(=O)O)CCCC2. The third kappa shape index (κ3) is 1.88. The highest BCUT2D eigenvalue weighted by Gasteiger charge is 2.25. The van der Waals surface area contributed by atoms with E-state index < -0.39 is 12.0 Å². The first kappa shape index (κ1) is 10.9. The first-order chi connectivity index (χ1) is 7.59. The Balaban J connectivity index is 2.47. The maximum absolute atomic E-state index is 11.2. The number of amides is 2. The zero-order chi connectivity index (χ0) is 11.7. The summed E-state index contributed by atoms with van der Waals surface area (Å²) in [6, 6.07) is -0.721. The third-order valence-electron chi connectivity index (χ3n) is 2.62. The van der Waals surface area contributed by atoms with Crippen LogP contribution in [0.4, 0.5) is 9.80 Å². The zero-order valence-electron chi connectivity index (χ0n) is 8.58. The minimum Gasteiger partial charge on any atom is -0.478 e. The number of carbonyl (C=O) groups is 2. The van der Waals surface area contributed by atoms with Crippen LogP contribution in [-0.4, -0.2) is 17.1 Å². The summed E-state index contributed by atoms with van der Waals surface area (Å²) in [4.78, 5) is 23.0. The number of rotatable bonds is 2. The summed E-state index contributed by atoms with van der Waals surface area (Å²) >= 11 is 1.33. The number of primary amides is 1. The number of hydrogen-bond donors (Lipinski definition) is 3. The Labute approximate surface area is 96.3 Å². The predicted molar refractivity (Wildman–Crippen MR) is 61.1 cm³/mol. The largest absolute Gasteiger partial charge is 0.478 e. The summed E-state index contributed by atoms with van der Waals surface area (Å²) in [5.41, 5.74) is 6.10. The van der Waals surface area contributed by atoms with Crippen LogP contribution in [-0.2, 0) is 12.8 Å². The fourth-order valence-corrected chi connectivity index (χ4v) is 3.28. The molecule has 1 aromatic heterocycles. The van der Waals surface area contributed by atoms with Crippen LogP contribution in [0.2, 0.25) is 0 Å². The average molecular weight is 240 g/mol. The molecular formula is C10H12N2O3S. The first-order valence-electron chi connectivity index (χ1n) is 5.04. The lowest BCUT2D eigenvalue weighted by Crippen LogP contribution is -2.20. The van der Waals surface area contributed by atoms with Crippen molar-refractivity contribution in [2.75, 3.05) is 5.32 Å². The van der Waals surface area contributed by atoms with Gasteiger partial charge in [-0.15, -0.1) is 11.3 Å². The van der Waals surface area contributed by atoms with Gasteiger partial charge in [0.25, 0.3) is 0 Å². The number of thiophene rings is 1. The number of aromatic carboxylic acids is 1. The van der Waals surface area contributed by atoms with E-state index in [1.165, 1.54) is 11.3 Å². The zero-order valence-corrected chi connectivity index (χ0v) is 9.39. The van der Waals surface area contributed by atoms with E-state index in [2.05, 4.69) is 5.32 Å². The Morgan fingerprint density at radius 2 is 2.00 bits per heavy atom. The second kappa shape index (κ2) is 4.13. The van der Waals surface area contributed by atoms with Gasteiger partial charge in [0.15, 0.2) is 0 Å². The van der Waals surface area contributed by atoms with E-state index >= 15 is 0 Å². The van der Waals surface area contributed by atoms with Crippen LogP contribution in [0, 0.1) is 0 Å². The Morgan fingerprint density at radius 3 is 2.62 bits per heavy atom. The van der Waals surface area contributed by atoms with Gasteiger partial charge in [0.05, 0.1) is 5.56 Å². The molecule has 4 N–H and O–H groups in total. The van der Waals surface area contributed by atoms with E-state index in [4.69, 9.17) is 10.8 Å². The maximum atomic E-state index is 11.2. The molecule has 1 aliphatic rings. The van der Waals surface area contributed by atoms with Crippen molar-refractivity contribution in [3.63, 3.8) is 0 Å². The molecule has 0 atom stereocenters. The lowest BCUT2D eigenvalue weighted by molar-refractivity contribution is 0.0697. The summed E-state index contributed by atoms with van der Waals surface area (Å²) in [7, 11) is 0. The van der Waals surface area contributed by atoms with E-state index in [0.29, 0.717) is 5.00 Å². The van der Waals surface area contributed by atoms with E-state index in [1.807, 2.05) is 0 Å². The third-order valence-corrected chi connectivity index (χ3v) is 3.83. The molecule has 0 aliphatic heterocycles. The average Bonchev–Trinajstić information content (AvgIpc) is 2.53. The van der Waals surface area contributed by atoms with Crippen molar-refractivity contribution in [1.82, 2.24) is 0 Å². The van der Waals surface area contributed by atoms with Crippen molar-refractivity contribution in [3.05, 3.63) is 16.0 Å². The first-order valence-corrected chi connectivity index (χ1v) is 5.85. The van der Waals surface area contributed by atoms with Crippen LogP contribution in [0.3, 0.4) is 0 Å². The van der Waals surface area contributed by atoms with E-state index in [1.54, 1.807) is 0 Å². The van der Waals surface area contributed by atoms with Gasteiger partial charge in [-0.25, -0.2) is 9.59 Å². The number of fused-ring (bicyclic) bond motifs is 1. The minimum atomic E-state index is -0.997. The van der Waals surface area contributed by atoms with Crippen molar-refractivity contribution in [2.24, 2.45) is 5.73 Å². The number of nitrogens with two attached hydrogens (primary N) is 1. The molecule has 0 spiro atoms. The van der Waals surface area contributed by atoms with Crippen molar-refractivity contribution in [3.8, 4) is 0 Å². The summed E-state index contributed by atoms with van der Waals surface area (Å²) in [5, 5.41) is 11.9. The standard InChI is InChI=1S/C10H12N2O3S/c11-10(15)12-8-7(9(13)14)5-3-1-2-4-6(5)16-8/h1-4H2,(H,13,14)(H3,11,12,15). The molecule has 2 amide bonds. The molecule has 1 heterocycles. The van der Waals surface area contributed by atoms with Crippen LogP contribution < -0.4 is 11.1 Å². The lowest BCUT2D eigenvalue weighted by atomic mass is 9.95. The van der Waals surface area contributed by atoms with Crippen LogP contribution in [0.5, 0.6) is 0 Å². The van der Waals surface area contributed by atoms with Crippen LogP contribution >= 0.6 is 11.3 Å². The molecule has 0 aromatic carbocycles. The molecule has 0 saturated heterocycles. The number of hydrogen-bond acceptors (Lipinski definition) is 3. The maximum Gasteiger partial charge on any atom is 0.339 e. The summed E-state index contributed by atoms with van der Waals surface area (Å²) in [5.74, 6) is -0.997. The molecule has 6 heteroatoms. The molecule has 2 rings (SSSR count).